The maximum Gasteiger partial charge on any atom is 0.335 e. The molecule has 0 unspecified atom stereocenters. The lowest BCUT2D eigenvalue weighted by atomic mass is 10.2. The Hall–Kier alpha value is -3.41. The van der Waals surface area contributed by atoms with Crippen LogP contribution >= 0.6 is 0 Å². The van der Waals surface area contributed by atoms with Crippen LogP contribution in [0.25, 0.3) is 5.69 Å². The molecule has 0 saturated heterocycles. The highest BCUT2D eigenvalue weighted by Gasteiger charge is 2.13. The summed E-state index contributed by atoms with van der Waals surface area (Å²) in [7, 11) is 0. The van der Waals surface area contributed by atoms with Crippen molar-refractivity contribution in [2.75, 3.05) is 0 Å². The number of aromatic hydroxyl groups is 1. The fourth-order valence-corrected chi connectivity index (χ4v) is 2.32. The Balaban J connectivity index is 2.12. The zero-order valence-corrected chi connectivity index (χ0v) is 12.9. The molecule has 0 aliphatic heterocycles. The number of para-hydroxylation sites is 1. The van der Waals surface area contributed by atoms with Crippen molar-refractivity contribution in [1.29, 1.82) is 0 Å². The van der Waals surface area contributed by atoms with E-state index in [1.807, 2.05) is 25.1 Å². The Kier molecular flexibility index (Phi) is 4.11. The molecule has 0 atom stereocenters. The number of H-pyrrole nitrogens is 1. The Morgan fingerprint density at radius 2 is 1.83 bits per heavy atom. The summed E-state index contributed by atoms with van der Waals surface area (Å²) in [4.78, 5) is 30.4. The molecular formula is C18H15N3O3. The fraction of sp³-hybridized carbons (Fsp3) is 0.0556. The van der Waals surface area contributed by atoms with E-state index in [1.54, 1.807) is 36.4 Å². The summed E-state index contributed by atoms with van der Waals surface area (Å²) in [5.41, 5.74) is 0.627. The number of aromatic nitrogens is 2. The highest BCUT2D eigenvalue weighted by Crippen LogP contribution is 2.17. The minimum atomic E-state index is -0.712. The molecule has 6 heteroatoms. The van der Waals surface area contributed by atoms with Gasteiger partial charge in [-0.1, -0.05) is 30.3 Å². The zero-order chi connectivity index (χ0) is 17.1. The van der Waals surface area contributed by atoms with Crippen LogP contribution in [0.4, 0.5) is 5.69 Å². The maximum atomic E-state index is 12.0. The molecule has 0 spiro atoms. The highest BCUT2D eigenvalue weighted by atomic mass is 16.3. The number of rotatable bonds is 3. The van der Waals surface area contributed by atoms with E-state index in [-0.39, 0.29) is 5.56 Å². The quantitative estimate of drug-likeness (QED) is 0.726. The molecule has 24 heavy (non-hydrogen) atoms. The lowest BCUT2D eigenvalue weighted by Crippen LogP contribution is -2.31. The van der Waals surface area contributed by atoms with E-state index in [0.717, 1.165) is 10.1 Å². The van der Waals surface area contributed by atoms with Crippen molar-refractivity contribution in [3.05, 3.63) is 86.6 Å². The van der Waals surface area contributed by atoms with Crippen molar-refractivity contribution in [3.8, 4) is 11.6 Å². The molecule has 3 rings (SSSR count). The standard InChI is InChI=1S/C18H15N3O3/c1-12-6-5-7-13(10-12)19-11-15-16(22)20-18(24)21(17(15)23)14-8-3-2-4-9-14/h2-11,23H,1H3,(H,20,22,24). The molecule has 0 bridgehead atoms. The second-order valence-electron chi connectivity index (χ2n) is 5.26. The summed E-state index contributed by atoms with van der Waals surface area (Å²) in [5, 5.41) is 10.4. The first-order valence-electron chi connectivity index (χ1n) is 7.31. The second kappa shape index (κ2) is 6.37. The number of aryl methyl sites for hydroxylation is 1. The highest BCUT2D eigenvalue weighted by molar-refractivity contribution is 5.84. The van der Waals surface area contributed by atoms with E-state index in [2.05, 4.69) is 9.98 Å². The number of aliphatic imine (C=N–C) groups is 1. The van der Waals surface area contributed by atoms with E-state index in [1.165, 1.54) is 6.21 Å². The van der Waals surface area contributed by atoms with Gasteiger partial charge in [0.1, 0.15) is 5.56 Å². The van der Waals surface area contributed by atoms with Gasteiger partial charge in [-0.25, -0.2) is 9.36 Å². The van der Waals surface area contributed by atoms with Crippen molar-refractivity contribution in [2.24, 2.45) is 4.99 Å². The normalized spacial score (nSPS) is 11.0. The van der Waals surface area contributed by atoms with Crippen molar-refractivity contribution in [3.63, 3.8) is 0 Å². The van der Waals surface area contributed by atoms with Crippen LogP contribution in [-0.4, -0.2) is 20.9 Å². The van der Waals surface area contributed by atoms with Gasteiger partial charge in [0, 0.05) is 6.21 Å². The zero-order valence-electron chi connectivity index (χ0n) is 12.9. The first-order valence-corrected chi connectivity index (χ1v) is 7.31. The summed E-state index contributed by atoms with van der Waals surface area (Å²) in [6, 6.07) is 16.0. The van der Waals surface area contributed by atoms with Gasteiger partial charge in [0.15, 0.2) is 0 Å². The number of hydrogen-bond donors (Lipinski definition) is 2. The lowest BCUT2D eigenvalue weighted by molar-refractivity contribution is 0.430. The summed E-state index contributed by atoms with van der Waals surface area (Å²) in [5.74, 6) is -0.452. The third-order valence-electron chi connectivity index (χ3n) is 3.48. The average Bonchev–Trinajstić information content (AvgIpc) is 2.55. The Labute approximate surface area is 137 Å². The smallest absolute Gasteiger partial charge is 0.335 e. The Bertz CT molecular complexity index is 1020. The van der Waals surface area contributed by atoms with Crippen LogP contribution in [-0.2, 0) is 0 Å². The van der Waals surface area contributed by atoms with Crippen molar-refractivity contribution in [2.45, 2.75) is 6.92 Å². The lowest BCUT2D eigenvalue weighted by Gasteiger charge is -2.09. The first kappa shape index (κ1) is 15.5. The topological polar surface area (TPSA) is 87.4 Å². The van der Waals surface area contributed by atoms with Crippen molar-refractivity contribution in [1.82, 2.24) is 9.55 Å². The van der Waals surface area contributed by atoms with Crippen LogP contribution in [0.2, 0.25) is 0 Å². The molecule has 3 aromatic rings. The molecule has 1 heterocycles. The van der Waals surface area contributed by atoms with Gasteiger partial charge in [-0.2, -0.15) is 0 Å². The second-order valence-corrected chi connectivity index (χ2v) is 5.26. The Morgan fingerprint density at radius 3 is 2.54 bits per heavy atom. The average molecular weight is 321 g/mol. The summed E-state index contributed by atoms with van der Waals surface area (Å²) in [6.07, 6.45) is 1.25. The van der Waals surface area contributed by atoms with Crippen molar-refractivity contribution < 1.29 is 5.11 Å². The number of nitrogens with one attached hydrogen (secondary N) is 1. The molecule has 0 fully saturated rings. The van der Waals surface area contributed by atoms with Gasteiger partial charge in [0.2, 0.25) is 5.88 Å². The summed E-state index contributed by atoms with van der Waals surface area (Å²) in [6.45, 7) is 1.93. The van der Waals surface area contributed by atoms with Gasteiger partial charge in [0.25, 0.3) is 5.56 Å². The van der Waals surface area contributed by atoms with Crippen LogP contribution in [0.15, 0.2) is 69.2 Å². The van der Waals surface area contributed by atoms with E-state index in [4.69, 9.17) is 0 Å². The number of nitrogens with zero attached hydrogens (tertiary/aromatic N) is 2. The third kappa shape index (κ3) is 3.03. The Morgan fingerprint density at radius 1 is 1.08 bits per heavy atom. The molecule has 0 saturated carbocycles. The minimum absolute atomic E-state index is 0.0834. The summed E-state index contributed by atoms with van der Waals surface area (Å²) < 4.78 is 1.03. The molecular weight excluding hydrogens is 306 g/mol. The first-order chi connectivity index (χ1) is 11.6. The maximum absolute atomic E-state index is 12.0. The monoisotopic (exact) mass is 321 g/mol. The van der Waals surface area contributed by atoms with E-state index in [0.29, 0.717) is 11.4 Å². The SMILES string of the molecule is Cc1cccc(N=Cc2c(O)n(-c3ccccc3)c(=O)[nH]c2=O)c1. The van der Waals surface area contributed by atoms with Crippen LogP contribution in [0.5, 0.6) is 5.88 Å². The minimum Gasteiger partial charge on any atom is -0.493 e. The molecule has 1 aromatic heterocycles. The van der Waals surface area contributed by atoms with E-state index in [9.17, 15) is 14.7 Å². The van der Waals surface area contributed by atoms with Crippen LogP contribution < -0.4 is 11.2 Å². The van der Waals surface area contributed by atoms with Gasteiger partial charge in [-0.3, -0.25) is 14.8 Å². The molecule has 2 aromatic carbocycles. The van der Waals surface area contributed by atoms with Gasteiger partial charge in [-0.15, -0.1) is 0 Å². The number of aromatic amines is 1. The van der Waals surface area contributed by atoms with Gasteiger partial charge >= 0.3 is 5.69 Å². The van der Waals surface area contributed by atoms with Crippen LogP contribution in [0.3, 0.4) is 0 Å². The molecule has 120 valence electrons. The molecule has 0 amide bonds. The largest absolute Gasteiger partial charge is 0.493 e. The molecule has 2 N–H and O–H groups in total. The van der Waals surface area contributed by atoms with Gasteiger partial charge < -0.3 is 5.11 Å². The van der Waals surface area contributed by atoms with Gasteiger partial charge in [-0.05, 0) is 36.8 Å². The molecule has 0 radical (unpaired) electrons. The third-order valence-corrected chi connectivity index (χ3v) is 3.48. The van der Waals surface area contributed by atoms with Crippen molar-refractivity contribution >= 4 is 11.9 Å². The van der Waals surface area contributed by atoms with E-state index >= 15 is 0 Å². The predicted octanol–water partition coefficient (Wildman–Crippen LogP) is 2.29. The predicted molar refractivity (Wildman–Crippen MR) is 92.8 cm³/mol. The molecule has 0 aliphatic carbocycles. The molecule has 0 aliphatic rings. The number of hydrogen-bond acceptors (Lipinski definition) is 4. The van der Waals surface area contributed by atoms with Gasteiger partial charge in [0.05, 0.1) is 11.4 Å². The molecule has 6 nitrogen and oxygen atoms in total. The number of benzene rings is 2. The fourth-order valence-electron chi connectivity index (χ4n) is 2.32. The van der Waals surface area contributed by atoms with Crippen LogP contribution in [0.1, 0.15) is 11.1 Å². The summed E-state index contributed by atoms with van der Waals surface area (Å²) >= 11 is 0. The van der Waals surface area contributed by atoms with Crippen LogP contribution in [0, 0.1) is 6.92 Å². The van der Waals surface area contributed by atoms with E-state index < -0.39 is 17.1 Å².